The first-order valence-corrected chi connectivity index (χ1v) is 10.4. The number of unbranched alkanes of at least 4 members (excludes halogenated alkanes) is 1. The van der Waals surface area contributed by atoms with Crippen LogP contribution >= 0.6 is 11.8 Å². The summed E-state index contributed by atoms with van der Waals surface area (Å²) in [5.74, 6) is 0.0519. The van der Waals surface area contributed by atoms with Crippen molar-refractivity contribution in [3.05, 3.63) is 41.6 Å². The van der Waals surface area contributed by atoms with Crippen LogP contribution < -0.4 is 10.1 Å². The van der Waals surface area contributed by atoms with E-state index in [4.69, 9.17) is 9.47 Å². The Kier molecular flexibility index (Phi) is 6.61. The van der Waals surface area contributed by atoms with Crippen LogP contribution in [0.1, 0.15) is 26.7 Å². The molecule has 1 N–H and O–H groups in total. The molecule has 0 bridgehead atoms. The number of thioether (sulfide) groups is 1. The molecule has 28 heavy (non-hydrogen) atoms. The van der Waals surface area contributed by atoms with Crippen molar-refractivity contribution in [2.24, 2.45) is 0 Å². The number of rotatable bonds is 8. The molecule has 2 heterocycles. The molecule has 0 aliphatic carbocycles. The van der Waals surface area contributed by atoms with Crippen LogP contribution in [0.5, 0.6) is 5.75 Å². The fraction of sp³-hybridized carbons (Fsp3) is 0.450. The predicted octanol–water partition coefficient (Wildman–Crippen LogP) is 2.08. The number of para-hydroxylation sites is 1. The highest BCUT2D eigenvalue weighted by atomic mass is 32.2. The third kappa shape index (κ3) is 4.32. The summed E-state index contributed by atoms with van der Waals surface area (Å²) in [6.45, 7) is 4.00. The van der Waals surface area contributed by atoms with Gasteiger partial charge in [0.15, 0.2) is 6.61 Å². The summed E-state index contributed by atoms with van der Waals surface area (Å²) >= 11 is 1.52. The molecule has 2 aliphatic rings. The third-order valence-corrected chi connectivity index (χ3v) is 5.94. The molecule has 2 atom stereocenters. The molecule has 1 aromatic carbocycles. The van der Waals surface area contributed by atoms with Crippen LogP contribution in [0.3, 0.4) is 0 Å². The summed E-state index contributed by atoms with van der Waals surface area (Å²) in [6, 6.07) is 8.33. The van der Waals surface area contributed by atoms with Crippen LogP contribution in [0, 0.1) is 0 Å². The van der Waals surface area contributed by atoms with Crippen LogP contribution in [-0.2, 0) is 19.1 Å². The van der Waals surface area contributed by atoms with E-state index in [1.54, 1.807) is 12.1 Å². The number of carbonyl (C=O) groups excluding carboxylic acids is 3. The maximum atomic E-state index is 12.6. The topological polar surface area (TPSA) is 84.9 Å². The van der Waals surface area contributed by atoms with Gasteiger partial charge in [0.2, 0.25) is 0 Å². The molecule has 2 amide bonds. The van der Waals surface area contributed by atoms with E-state index in [0.29, 0.717) is 23.8 Å². The van der Waals surface area contributed by atoms with Gasteiger partial charge < -0.3 is 14.8 Å². The normalized spacial score (nSPS) is 20.9. The minimum Gasteiger partial charge on any atom is -0.484 e. The summed E-state index contributed by atoms with van der Waals surface area (Å²) in [6.07, 6.45) is 1.70. The van der Waals surface area contributed by atoms with Crippen molar-refractivity contribution in [3.63, 3.8) is 0 Å². The first-order chi connectivity index (χ1) is 13.5. The molecule has 0 aromatic heterocycles. The van der Waals surface area contributed by atoms with Crippen LogP contribution in [0.4, 0.5) is 0 Å². The van der Waals surface area contributed by atoms with Crippen LogP contribution in [-0.4, -0.2) is 53.1 Å². The highest BCUT2D eigenvalue weighted by molar-refractivity contribution is 8.00. The maximum absolute atomic E-state index is 12.6. The lowest BCUT2D eigenvalue weighted by Gasteiger charge is -2.49. The van der Waals surface area contributed by atoms with Gasteiger partial charge in [-0.05, 0) is 31.1 Å². The van der Waals surface area contributed by atoms with Gasteiger partial charge in [0.1, 0.15) is 22.9 Å². The SMILES string of the molecule is CCCCOC(=O)C1=C(C)CSC2C(NC(=O)COc3ccccc3)C(=O)N12. The predicted molar refractivity (Wildman–Crippen MR) is 106 cm³/mol. The molecule has 150 valence electrons. The molecule has 1 aromatic rings. The molecule has 2 aliphatic heterocycles. The van der Waals surface area contributed by atoms with E-state index in [9.17, 15) is 14.4 Å². The zero-order valence-corrected chi connectivity index (χ0v) is 16.8. The van der Waals surface area contributed by atoms with Crippen molar-refractivity contribution >= 4 is 29.5 Å². The molecule has 1 fully saturated rings. The van der Waals surface area contributed by atoms with Gasteiger partial charge >= 0.3 is 5.97 Å². The van der Waals surface area contributed by atoms with Gasteiger partial charge in [-0.25, -0.2) is 4.79 Å². The minimum absolute atomic E-state index is 0.175. The minimum atomic E-state index is -0.664. The second-order valence-corrected chi connectivity index (χ2v) is 7.78. The standard InChI is InChI=1S/C20H24N2O5S/c1-3-4-10-26-20(25)17-13(2)12-28-19-16(18(24)22(17)19)21-15(23)11-27-14-8-6-5-7-9-14/h5-9,16,19H,3-4,10-12H2,1-2H3,(H,21,23). The summed E-state index contributed by atoms with van der Waals surface area (Å²) in [5, 5.41) is 2.41. The molecule has 0 radical (unpaired) electrons. The molecule has 2 unspecified atom stereocenters. The molecule has 3 rings (SSSR count). The Morgan fingerprint density at radius 1 is 1.29 bits per heavy atom. The van der Waals surface area contributed by atoms with Gasteiger partial charge in [-0.1, -0.05) is 31.5 Å². The van der Waals surface area contributed by atoms with Gasteiger partial charge in [0, 0.05) is 5.75 Å². The van der Waals surface area contributed by atoms with E-state index in [0.717, 1.165) is 18.4 Å². The van der Waals surface area contributed by atoms with Crippen molar-refractivity contribution in [1.82, 2.24) is 10.2 Å². The number of hydrogen-bond acceptors (Lipinski definition) is 6. The summed E-state index contributed by atoms with van der Waals surface area (Å²) in [4.78, 5) is 38.6. The van der Waals surface area contributed by atoms with Crippen molar-refractivity contribution < 1.29 is 23.9 Å². The zero-order chi connectivity index (χ0) is 20.1. The van der Waals surface area contributed by atoms with Crippen LogP contribution in [0.25, 0.3) is 0 Å². The molecular weight excluding hydrogens is 380 g/mol. The highest BCUT2D eigenvalue weighted by Crippen LogP contribution is 2.40. The van der Waals surface area contributed by atoms with Gasteiger partial charge in [-0.2, -0.15) is 0 Å². The number of amides is 2. The zero-order valence-electron chi connectivity index (χ0n) is 16.0. The molecule has 0 spiro atoms. The fourth-order valence-electron chi connectivity index (χ4n) is 3.02. The van der Waals surface area contributed by atoms with Gasteiger partial charge in [-0.15, -0.1) is 11.8 Å². The van der Waals surface area contributed by atoms with E-state index in [-0.39, 0.29) is 23.8 Å². The molecule has 8 heteroatoms. The monoisotopic (exact) mass is 404 g/mol. The van der Waals surface area contributed by atoms with Gasteiger partial charge in [0.25, 0.3) is 11.8 Å². The van der Waals surface area contributed by atoms with Crippen molar-refractivity contribution in [3.8, 4) is 5.75 Å². The van der Waals surface area contributed by atoms with Crippen molar-refractivity contribution in [2.45, 2.75) is 38.1 Å². The van der Waals surface area contributed by atoms with Crippen LogP contribution in [0.2, 0.25) is 0 Å². The second-order valence-electron chi connectivity index (χ2n) is 6.68. The lowest BCUT2D eigenvalue weighted by molar-refractivity contribution is -0.153. The quantitative estimate of drug-likeness (QED) is 0.406. The van der Waals surface area contributed by atoms with E-state index in [1.807, 2.05) is 32.0 Å². The third-order valence-electron chi connectivity index (χ3n) is 4.51. The Balaban J connectivity index is 1.57. The molecule has 7 nitrogen and oxygen atoms in total. The van der Waals surface area contributed by atoms with E-state index in [2.05, 4.69) is 5.32 Å². The smallest absolute Gasteiger partial charge is 0.355 e. The first-order valence-electron chi connectivity index (χ1n) is 9.31. The summed E-state index contributed by atoms with van der Waals surface area (Å²) in [7, 11) is 0. The number of ether oxygens (including phenoxy) is 2. The molecular formula is C20H24N2O5S. The molecule has 1 saturated heterocycles. The van der Waals surface area contributed by atoms with Crippen molar-refractivity contribution in [2.75, 3.05) is 19.0 Å². The number of carbonyl (C=O) groups is 3. The average molecular weight is 404 g/mol. The number of nitrogens with one attached hydrogen (secondary N) is 1. The summed E-state index contributed by atoms with van der Waals surface area (Å²) in [5.41, 5.74) is 1.13. The number of nitrogens with zero attached hydrogens (tertiary/aromatic N) is 1. The Labute approximate surface area is 168 Å². The van der Waals surface area contributed by atoms with E-state index in [1.165, 1.54) is 16.7 Å². The number of hydrogen-bond donors (Lipinski definition) is 1. The lowest BCUT2D eigenvalue weighted by Crippen LogP contribution is -2.70. The highest BCUT2D eigenvalue weighted by Gasteiger charge is 2.53. The van der Waals surface area contributed by atoms with Gasteiger partial charge in [0.05, 0.1) is 6.61 Å². The maximum Gasteiger partial charge on any atom is 0.355 e. The number of benzene rings is 1. The average Bonchev–Trinajstić information content (AvgIpc) is 2.71. The number of β-lactam (4-membered cyclic amide) rings is 1. The Bertz CT molecular complexity index is 780. The number of esters is 1. The molecule has 0 saturated carbocycles. The number of fused-ring (bicyclic) bond motifs is 1. The lowest BCUT2D eigenvalue weighted by atomic mass is 10.0. The summed E-state index contributed by atoms with van der Waals surface area (Å²) < 4.78 is 10.7. The van der Waals surface area contributed by atoms with Crippen LogP contribution in [0.15, 0.2) is 41.6 Å². The first kappa shape index (κ1) is 20.3. The van der Waals surface area contributed by atoms with Crippen molar-refractivity contribution in [1.29, 1.82) is 0 Å². The Morgan fingerprint density at radius 2 is 2.04 bits per heavy atom. The van der Waals surface area contributed by atoms with E-state index >= 15 is 0 Å². The fourth-order valence-corrected chi connectivity index (χ4v) is 4.31. The Hall–Kier alpha value is -2.48. The van der Waals surface area contributed by atoms with E-state index < -0.39 is 12.0 Å². The second kappa shape index (κ2) is 9.14. The van der Waals surface area contributed by atoms with Gasteiger partial charge in [-0.3, -0.25) is 14.5 Å². The largest absolute Gasteiger partial charge is 0.484 e. The Morgan fingerprint density at radius 3 is 2.75 bits per heavy atom.